The normalized spacial score (nSPS) is 15.6. The Morgan fingerprint density at radius 1 is 0.480 bits per heavy atom. The van der Waals surface area contributed by atoms with Crippen molar-refractivity contribution in [2.45, 2.75) is 208 Å². The van der Waals surface area contributed by atoms with Crippen LogP contribution in [-0.2, 0) is 75.2 Å². The van der Waals surface area contributed by atoms with Gasteiger partial charge in [0.25, 0.3) is 11.8 Å². The maximum Gasteiger partial charge on any atom is 0.255 e. The molecule has 0 saturated carbocycles. The van der Waals surface area contributed by atoms with Gasteiger partial charge in [-0.3, -0.25) is 62.3 Å². The van der Waals surface area contributed by atoms with Crippen molar-refractivity contribution in [2.75, 3.05) is 76.0 Å². The number of nitrogens with zero attached hydrogens (tertiary/aromatic N) is 8. The van der Waals surface area contributed by atoms with Crippen LogP contribution in [0.5, 0.6) is 0 Å². The zero-order chi connectivity index (χ0) is 75.9. The molecule has 0 aliphatic carbocycles. The van der Waals surface area contributed by atoms with E-state index in [1.54, 1.807) is 87.4 Å². The second-order valence-corrected chi connectivity index (χ2v) is 29.2. The van der Waals surface area contributed by atoms with Crippen molar-refractivity contribution in [3.63, 3.8) is 0 Å². The van der Waals surface area contributed by atoms with Gasteiger partial charge in [0.15, 0.2) is 6.04 Å². The molecule has 26 nitrogen and oxygen atoms in total. The van der Waals surface area contributed by atoms with Gasteiger partial charge in [-0.1, -0.05) is 130 Å². The third-order valence-corrected chi connectivity index (χ3v) is 18.9. The highest BCUT2D eigenvalue weighted by atomic mass is 35.5. The number of rotatable bonds is 36. The van der Waals surface area contributed by atoms with E-state index in [1.807, 2.05) is 55.4 Å². The molecule has 0 bridgehead atoms. The van der Waals surface area contributed by atoms with Gasteiger partial charge in [-0.15, -0.1) is 0 Å². The first-order valence-corrected chi connectivity index (χ1v) is 35.4. The monoisotopic (exact) mass is 1420 g/mol. The number of carbonyl (C=O) groups is 13. The Morgan fingerprint density at radius 2 is 1.01 bits per heavy atom. The average Bonchev–Trinajstić information content (AvgIpc) is 0.815. The first kappa shape index (κ1) is 86.1. The van der Waals surface area contributed by atoms with Crippen molar-refractivity contribution in [2.24, 2.45) is 29.6 Å². The molecule has 100 heavy (non-hydrogen) atoms. The van der Waals surface area contributed by atoms with Gasteiger partial charge in [0.05, 0.1) is 6.54 Å². The lowest BCUT2D eigenvalue weighted by atomic mass is 9.96. The number of halogens is 1. The summed E-state index contributed by atoms with van der Waals surface area (Å²) in [5, 5.41) is 13.7. The predicted octanol–water partition coefficient (Wildman–Crippen LogP) is 4.14. The summed E-state index contributed by atoms with van der Waals surface area (Å²) in [5.74, 6) is -10.7. The molecule has 2 aromatic rings. The largest absolute Gasteiger partial charge is 0.347 e. The summed E-state index contributed by atoms with van der Waals surface area (Å²) in [7, 11) is 11.5. The van der Waals surface area contributed by atoms with Crippen LogP contribution < -0.4 is 26.6 Å². The van der Waals surface area contributed by atoms with Gasteiger partial charge in [-0.25, -0.2) is 0 Å². The minimum Gasteiger partial charge on any atom is -0.347 e. The number of hydrogen-bond donors (Lipinski definition) is 5. The second kappa shape index (κ2) is 40.3. The molecular formula is C73H116ClN13O13. The summed E-state index contributed by atoms with van der Waals surface area (Å²) in [6.07, 6.45) is 3.81. The summed E-state index contributed by atoms with van der Waals surface area (Å²) in [5.41, 5.74) is 1.27. The smallest absolute Gasteiger partial charge is 0.255 e. The first-order chi connectivity index (χ1) is 46.7. The molecule has 11 atom stereocenters. The molecule has 1 heterocycles. The highest BCUT2D eigenvalue weighted by molar-refractivity contribution is 6.30. The number of carbonyl (C=O) groups excluding carboxylic acids is 13. The minimum absolute atomic E-state index is 0.00314. The van der Waals surface area contributed by atoms with Crippen molar-refractivity contribution in [1.29, 1.82) is 0 Å². The van der Waals surface area contributed by atoms with E-state index in [0.717, 1.165) is 29.1 Å². The highest BCUT2D eigenvalue weighted by Gasteiger charge is 2.44. The molecule has 5 N–H and O–H groups in total. The molecule has 0 spiro atoms. The molecule has 558 valence electrons. The Labute approximate surface area is 598 Å². The van der Waals surface area contributed by atoms with E-state index in [-0.39, 0.29) is 61.2 Å². The van der Waals surface area contributed by atoms with Gasteiger partial charge in [0, 0.05) is 94.3 Å². The Morgan fingerprint density at radius 3 is 1.53 bits per heavy atom. The van der Waals surface area contributed by atoms with Crippen molar-refractivity contribution in [3.8, 4) is 0 Å². The van der Waals surface area contributed by atoms with E-state index in [4.69, 9.17) is 11.6 Å². The Bertz CT molecular complexity index is 3140. The highest BCUT2D eigenvalue weighted by Crippen LogP contribution is 2.23. The van der Waals surface area contributed by atoms with Crippen LogP contribution in [0.1, 0.15) is 146 Å². The van der Waals surface area contributed by atoms with Crippen molar-refractivity contribution in [3.05, 3.63) is 70.7 Å². The summed E-state index contributed by atoms with van der Waals surface area (Å²) in [6, 6.07) is 2.26. The molecule has 0 radical (unpaired) electrons. The summed E-state index contributed by atoms with van der Waals surface area (Å²) < 4.78 is 0. The average molecular weight is 1420 g/mol. The van der Waals surface area contributed by atoms with E-state index < -0.39 is 138 Å². The topological polar surface area (TPSA) is 308 Å². The molecule has 1 saturated heterocycles. The zero-order valence-electron chi connectivity index (χ0n) is 63.1. The number of piperidine rings is 1. The van der Waals surface area contributed by atoms with Crippen LogP contribution in [0.15, 0.2) is 54.6 Å². The third kappa shape index (κ3) is 25.2. The molecule has 13 amide bonds. The van der Waals surface area contributed by atoms with Gasteiger partial charge in [-0.2, -0.15) is 0 Å². The fourth-order valence-electron chi connectivity index (χ4n) is 11.9. The lowest BCUT2D eigenvalue weighted by Crippen LogP contribution is -2.64. The standard InChI is InChI=1S/C73H116ClN13O13/c1-22-47(10)61(73(100)87-34-27-24-28-35-87)77-59(89)42-81(16)69(96)58(40-51-30-25-23-26-31-51)85(20)70(97)57(38-45(6)7)86(21)71(98)60(46(8)9)78-66(93)62(79-63(90)48(11)75-65(92)55(83(18)50(13)88)41-52-32-29-33-53(74)39-52)72(99)82(17)49(12)64(91)76-54(36-43(2)3)67(94)84(19)56(37-44(4)5)68(95)80(14)15/h23,25-26,29-33,39,43-49,54-58,60-62H,22,24,27-28,34-38,40-42H2,1-21H3,(H,75,92)(H,76,91)(H,77,89)(H,78,93)(H,79,90)/t47-,48-,49-,54-,55-,56-,57-,58-,60-,61-,62?/m0/s1. The number of nitrogens with one attached hydrogen (secondary N) is 5. The van der Waals surface area contributed by atoms with E-state index in [1.165, 1.54) is 87.6 Å². The fourth-order valence-corrected chi connectivity index (χ4v) is 12.1. The van der Waals surface area contributed by atoms with Crippen molar-refractivity contribution >= 4 is 88.4 Å². The lowest BCUT2D eigenvalue weighted by Gasteiger charge is -2.38. The number of hydrogen-bond acceptors (Lipinski definition) is 13. The summed E-state index contributed by atoms with van der Waals surface area (Å²) in [4.78, 5) is 197. The summed E-state index contributed by atoms with van der Waals surface area (Å²) in [6.45, 7) is 22.8. The summed E-state index contributed by atoms with van der Waals surface area (Å²) >= 11 is 6.27. The predicted molar refractivity (Wildman–Crippen MR) is 384 cm³/mol. The minimum atomic E-state index is -2.24. The Kier molecular flexibility index (Phi) is 34.7. The molecule has 3 rings (SSSR count). The number of benzene rings is 2. The van der Waals surface area contributed by atoms with Gasteiger partial charge >= 0.3 is 0 Å². The van der Waals surface area contributed by atoms with Gasteiger partial charge in [0.1, 0.15) is 54.4 Å². The molecule has 1 unspecified atom stereocenters. The number of likely N-dealkylation sites (N-methyl/N-ethyl adjacent to an activating group) is 7. The third-order valence-electron chi connectivity index (χ3n) is 18.6. The van der Waals surface area contributed by atoms with Gasteiger partial charge in [-0.05, 0) is 105 Å². The second-order valence-electron chi connectivity index (χ2n) is 28.8. The van der Waals surface area contributed by atoms with Crippen LogP contribution >= 0.6 is 11.6 Å². The van der Waals surface area contributed by atoms with E-state index in [2.05, 4.69) is 26.6 Å². The van der Waals surface area contributed by atoms with Crippen LogP contribution in [0, 0.1) is 29.6 Å². The fraction of sp³-hybridized carbons (Fsp3) is 0.658. The number of amides is 13. The number of likely N-dealkylation sites (tertiary alicyclic amines) is 1. The van der Waals surface area contributed by atoms with E-state index in [9.17, 15) is 43.2 Å². The zero-order valence-corrected chi connectivity index (χ0v) is 63.9. The van der Waals surface area contributed by atoms with Crippen LogP contribution in [0.25, 0.3) is 0 Å². The maximum absolute atomic E-state index is 15.3. The first-order valence-electron chi connectivity index (χ1n) is 35.0. The van der Waals surface area contributed by atoms with Crippen LogP contribution in [0.4, 0.5) is 0 Å². The quantitative estimate of drug-likeness (QED) is 0.0600. The van der Waals surface area contributed by atoms with Crippen molar-refractivity contribution in [1.82, 2.24) is 65.8 Å². The van der Waals surface area contributed by atoms with Crippen LogP contribution in [0.3, 0.4) is 0 Å². The van der Waals surface area contributed by atoms with Crippen LogP contribution in [0.2, 0.25) is 5.02 Å². The molecule has 0 aromatic heterocycles. The van der Waals surface area contributed by atoms with E-state index >= 15 is 19.2 Å². The SMILES string of the molecule is CC[C@H](C)[C@H](NC(=O)CN(C)C(=O)[C@H](Cc1ccccc1)N(C)C(=O)[C@H](CC(C)C)N(C)C(=O)[C@@H](NC(=O)C(NC(=O)[C@H](C)NC(=O)[C@H](Cc1cccc(Cl)c1)N(C)C(C)=O)C(=O)N(C)[C@@H](C)C(=O)N[C@@H](CC(C)C)C(=O)N(C)[C@@H](CC(C)C)C(=O)N(C)C)C(C)C)C(=O)N1CCCCC1. The van der Waals surface area contributed by atoms with Crippen molar-refractivity contribution < 1.29 is 62.3 Å². The molecule has 1 aliphatic heterocycles. The molecule has 1 fully saturated rings. The Balaban J connectivity index is 2.11. The van der Waals surface area contributed by atoms with Gasteiger partial charge < -0.3 is 65.8 Å². The maximum atomic E-state index is 15.3. The van der Waals surface area contributed by atoms with Crippen LogP contribution in [-0.4, -0.2) is 252 Å². The van der Waals surface area contributed by atoms with E-state index in [0.29, 0.717) is 42.1 Å². The Hall–Kier alpha value is -8.16. The molecule has 1 aliphatic rings. The molecular weight excluding hydrogens is 1300 g/mol. The lowest BCUT2D eigenvalue weighted by molar-refractivity contribution is -0.152. The molecule has 27 heteroatoms. The molecule has 2 aromatic carbocycles. The van der Waals surface area contributed by atoms with Gasteiger partial charge in [0.2, 0.25) is 65.0 Å².